The molecule has 0 aromatic heterocycles. The van der Waals surface area contributed by atoms with Crippen LogP contribution in [0.1, 0.15) is 38.2 Å². The zero-order valence-corrected chi connectivity index (χ0v) is 19.9. The van der Waals surface area contributed by atoms with Gasteiger partial charge < -0.3 is 14.2 Å². The van der Waals surface area contributed by atoms with Gasteiger partial charge in [-0.25, -0.2) is 8.78 Å². The summed E-state index contributed by atoms with van der Waals surface area (Å²) < 4.78 is 60.8. The average Bonchev–Trinajstić information content (AvgIpc) is 2.88. The zero-order chi connectivity index (χ0) is 24.8. The van der Waals surface area contributed by atoms with E-state index in [1.54, 1.807) is 30.3 Å². The molecule has 184 valence electrons. The van der Waals surface area contributed by atoms with E-state index in [0.29, 0.717) is 36.5 Å². The van der Waals surface area contributed by atoms with Gasteiger partial charge in [0.1, 0.15) is 5.82 Å². The van der Waals surface area contributed by atoms with Crippen LogP contribution in [0.25, 0.3) is 22.3 Å². The van der Waals surface area contributed by atoms with E-state index in [2.05, 4.69) is 0 Å². The molecule has 0 spiro atoms. The van der Waals surface area contributed by atoms with E-state index in [0.717, 1.165) is 18.4 Å². The molecule has 3 aromatic rings. The molecular weight excluding hydrogens is 453 g/mol. The van der Waals surface area contributed by atoms with Gasteiger partial charge in [0.15, 0.2) is 17.9 Å². The predicted molar refractivity (Wildman–Crippen MR) is 131 cm³/mol. The summed E-state index contributed by atoms with van der Waals surface area (Å²) in [6.07, 6.45) is 5.01. The van der Waals surface area contributed by atoms with Crippen LogP contribution in [0, 0.1) is 17.5 Å². The largest absolute Gasteiger partial charge is 0.490 e. The maximum atomic E-state index is 15.0. The lowest BCUT2D eigenvalue weighted by atomic mass is 9.95. The van der Waals surface area contributed by atoms with E-state index >= 15 is 0 Å². The number of rotatable bonds is 8. The second-order valence-electron chi connectivity index (χ2n) is 8.52. The van der Waals surface area contributed by atoms with Gasteiger partial charge in [0.25, 0.3) is 0 Å². The normalized spacial score (nSPS) is 18.2. The molecule has 1 aliphatic rings. The van der Waals surface area contributed by atoms with Crippen molar-refractivity contribution < 1.29 is 27.4 Å². The quantitative estimate of drug-likeness (QED) is 0.244. The van der Waals surface area contributed by atoms with E-state index in [9.17, 15) is 13.2 Å². The first-order chi connectivity index (χ1) is 17.0. The smallest absolute Gasteiger partial charge is 0.201 e. The average molecular weight is 483 g/mol. The van der Waals surface area contributed by atoms with Crippen molar-refractivity contribution in [3.05, 3.63) is 89.8 Å². The van der Waals surface area contributed by atoms with Crippen molar-refractivity contribution in [1.29, 1.82) is 0 Å². The van der Waals surface area contributed by atoms with Gasteiger partial charge in [0, 0.05) is 17.0 Å². The Labute approximate surface area is 204 Å². The highest BCUT2D eigenvalue weighted by atomic mass is 19.2. The van der Waals surface area contributed by atoms with Gasteiger partial charge >= 0.3 is 0 Å². The van der Waals surface area contributed by atoms with E-state index in [4.69, 9.17) is 14.2 Å². The van der Waals surface area contributed by atoms with Gasteiger partial charge in [-0.15, -0.1) is 0 Å². The second kappa shape index (κ2) is 11.6. The SMILES string of the molecule is C/C=C/C1OCC(c2ccc(-c3ccc(-c4ccc(OCCCC)c(F)c4F)cc3)c(F)c2)CO1. The Bertz CT molecular complexity index is 1170. The van der Waals surface area contributed by atoms with Crippen LogP contribution >= 0.6 is 0 Å². The summed E-state index contributed by atoms with van der Waals surface area (Å²) in [5.74, 6) is -2.47. The third-order valence-corrected chi connectivity index (χ3v) is 6.05. The van der Waals surface area contributed by atoms with Gasteiger partial charge in [-0.05, 0) is 54.3 Å². The van der Waals surface area contributed by atoms with E-state index in [-0.39, 0.29) is 29.3 Å². The molecule has 4 rings (SSSR count). The first kappa shape index (κ1) is 25.0. The Hall–Kier alpha value is -3.09. The second-order valence-corrected chi connectivity index (χ2v) is 8.52. The lowest BCUT2D eigenvalue weighted by Gasteiger charge is -2.28. The van der Waals surface area contributed by atoms with Gasteiger partial charge in [0.2, 0.25) is 5.82 Å². The summed E-state index contributed by atoms with van der Waals surface area (Å²) in [7, 11) is 0. The number of hydrogen-bond donors (Lipinski definition) is 0. The van der Waals surface area contributed by atoms with Gasteiger partial charge in [-0.2, -0.15) is 4.39 Å². The lowest BCUT2D eigenvalue weighted by molar-refractivity contribution is -0.159. The van der Waals surface area contributed by atoms with Gasteiger partial charge in [0.05, 0.1) is 19.8 Å². The number of halogens is 3. The van der Waals surface area contributed by atoms with Crippen molar-refractivity contribution in [1.82, 2.24) is 0 Å². The van der Waals surface area contributed by atoms with Crippen molar-refractivity contribution in [2.45, 2.75) is 38.9 Å². The number of hydrogen-bond acceptors (Lipinski definition) is 3. The molecule has 0 N–H and O–H groups in total. The standard InChI is InChI=1S/C29H29F3O3/c1-3-5-15-33-26-14-13-24(28(31)29(26)32)20-9-7-19(8-10-20)23-12-11-21(16-25(23)30)22-17-34-27(6-4-2)35-18-22/h4,6-14,16,22,27H,3,5,15,17-18H2,1-2H3/b6-4+. The number of allylic oxidation sites excluding steroid dienone is 1. The Morgan fingerprint density at radius 2 is 1.54 bits per heavy atom. The monoisotopic (exact) mass is 482 g/mol. The lowest BCUT2D eigenvalue weighted by Crippen LogP contribution is -2.29. The molecule has 1 aliphatic heterocycles. The molecule has 0 atom stereocenters. The summed E-state index contributed by atoms with van der Waals surface area (Å²) in [5, 5.41) is 0. The minimum absolute atomic E-state index is 0.0470. The summed E-state index contributed by atoms with van der Waals surface area (Å²) in [4.78, 5) is 0. The predicted octanol–water partition coefficient (Wildman–Crippen LogP) is 7.65. The molecule has 1 saturated heterocycles. The van der Waals surface area contributed by atoms with E-state index in [1.165, 1.54) is 18.2 Å². The van der Waals surface area contributed by atoms with Crippen molar-refractivity contribution in [3.8, 4) is 28.0 Å². The third kappa shape index (κ3) is 5.77. The molecule has 0 unspecified atom stereocenters. The Balaban J connectivity index is 1.49. The molecule has 35 heavy (non-hydrogen) atoms. The number of ether oxygens (including phenoxy) is 3. The summed E-state index contributed by atoms with van der Waals surface area (Å²) >= 11 is 0. The van der Waals surface area contributed by atoms with Crippen LogP contribution < -0.4 is 4.74 Å². The van der Waals surface area contributed by atoms with Crippen molar-refractivity contribution in [2.24, 2.45) is 0 Å². The maximum Gasteiger partial charge on any atom is 0.201 e. The Morgan fingerprint density at radius 1 is 0.886 bits per heavy atom. The topological polar surface area (TPSA) is 27.7 Å². The fraction of sp³-hybridized carbons (Fsp3) is 0.310. The first-order valence-corrected chi connectivity index (χ1v) is 11.9. The van der Waals surface area contributed by atoms with Gasteiger partial charge in [-0.1, -0.05) is 55.8 Å². The molecule has 0 amide bonds. The molecule has 6 heteroatoms. The highest BCUT2D eigenvalue weighted by molar-refractivity contribution is 5.71. The zero-order valence-electron chi connectivity index (χ0n) is 19.9. The highest BCUT2D eigenvalue weighted by Gasteiger charge is 2.23. The van der Waals surface area contributed by atoms with Crippen molar-refractivity contribution >= 4 is 0 Å². The molecule has 0 saturated carbocycles. The fourth-order valence-corrected chi connectivity index (χ4v) is 4.02. The minimum atomic E-state index is -1.00. The van der Waals surface area contributed by atoms with E-state index in [1.807, 2.05) is 32.1 Å². The van der Waals surface area contributed by atoms with Crippen molar-refractivity contribution in [3.63, 3.8) is 0 Å². The van der Waals surface area contributed by atoms with Crippen LogP contribution in [-0.4, -0.2) is 26.1 Å². The number of benzene rings is 3. The third-order valence-electron chi connectivity index (χ3n) is 6.05. The Morgan fingerprint density at radius 3 is 2.17 bits per heavy atom. The van der Waals surface area contributed by atoms with Crippen molar-refractivity contribution in [2.75, 3.05) is 19.8 Å². The summed E-state index contributed by atoms with van der Waals surface area (Å²) in [5.41, 5.74) is 2.50. The van der Waals surface area contributed by atoms with E-state index < -0.39 is 11.6 Å². The van der Waals surface area contributed by atoms with Crippen LogP contribution in [0.3, 0.4) is 0 Å². The minimum Gasteiger partial charge on any atom is -0.490 e. The molecule has 3 aromatic carbocycles. The molecule has 0 aliphatic carbocycles. The van der Waals surface area contributed by atoms with Gasteiger partial charge in [-0.3, -0.25) is 0 Å². The number of unbranched alkanes of at least 4 members (excludes halogenated alkanes) is 1. The molecule has 1 heterocycles. The van der Waals surface area contributed by atoms with Crippen LogP contribution in [0.5, 0.6) is 5.75 Å². The Kier molecular flexibility index (Phi) is 8.26. The fourth-order valence-electron chi connectivity index (χ4n) is 4.02. The molecule has 1 fully saturated rings. The molecular formula is C29H29F3O3. The highest BCUT2D eigenvalue weighted by Crippen LogP contribution is 2.33. The molecule has 0 radical (unpaired) electrons. The van der Waals surface area contributed by atoms with Crippen LogP contribution in [0.4, 0.5) is 13.2 Å². The first-order valence-electron chi connectivity index (χ1n) is 11.9. The van der Waals surface area contributed by atoms with Crippen LogP contribution in [-0.2, 0) is 9.47 Å². The maximum absolute atomic E-state index is 15.0. The molecule has 3 nitrogen and oxygen atoms in total. The van der Waals surface area contributed by atoms with Crippen LogP contribution in [0.2, 0.25) is 0 Å². The molecule has 0 bridgehead atoms. The summed E-state index contributed by atoms with van der Waals surface area (Å²) in [6, 6.07) is 14.7. The summed E-state index contributed by atoms with van der Waals surface area (Å²) in [6.45, 7) is 5.13. The van der Waals surface area contributed by atoms with Crippen LogP contribution in [0.15, 0.2) is 66.7 Å².